The summed E-state index contributed by atoms with van der Waals surface area (Å²) >= 11 is 0. The second-order valence-electron chi connectivity index (χ2n) is 4.85. The Hall–Kier alpha value is -0.260. The van der Waals surface area contributed by atoms with Gasteiger partial charge in [-0.05, 0) is 32.4 Å². The van der Waals surface area contributed by atoms with Gasteiger partial charge in [0, 0.05) is 20.2 Å². The highest BCUT2D eigenvalue weighted by Gasteiger charge is 2.08. The minimum absolute atomic E-state index is 0.235. The van der Waals surface area contributed by atoms with Crippen LogP contribution in [0.2, 0.25) is 0 Å². The second kappa shape index (κ2) is 10.5. The second-order valence-corrected chi connectivity index (χ2v) is 8.25. The van der Waals surface area contributed by atoms with E-state index in [0.29, 0.717) is 52.0 Å². The number of nitrogens with zero attached hydrogens (tertiary/aromatic N) is 1. The molecule has 0 rings (SSSR count). The van der Waals surface area contributed by atoms with Crippen molar-refractivity contribution in [2.45, 2.75) is 19.3 Å². The molecule has 0 fully saturated rings. The Morgan fingerprint density at radius 2 is 1.67 bits per heavy atom. The summed E-state index contributed by atoms with van der Waals surface area (Å²) in [6.07, 6.45) is 2.81. The van der Waals surface area contributed by atoms with Crippen LogP contribution in [0.5, 0.6) is 0 Å². The minimum Gasteiger partial charge on any atom is -0.383 e. The molecule has 0 saturated heterocycles. The van der Waals surface area contributed by atoms with E-state index in [0.717, 1.165) is 6.26 Å². The lowest BCUT2D eigenvalue weighted by molar-refractivity contribution is 0.146. The van der Waals surface area contributed by atoms with Gasteiger partial charge in [0.05, 0.1) is 18.6 Å². The predicted molar refractivity (Wildman–Crippen MR) is 81.4 cm³/mol. The number of hydrogen-bond donors (Lipinski definition) is 2. The molecular formula is C11H26N2O6S2. The number of hydrogen-bond acceptors (Lipinski definition) is 6. The molecule has 128 valence electrons. The molecule has 2 N–H and O–H groups in total. The van der Waals surface area contributed by atoms with E-state index in [1.165, 1.54) is 0 Å². The van der Waals surface area contributed by atoms with Crippen LogP contribution >= 0.6 is 0 Å². The molecule has 0 unspecified atom stereocenters. The van der Waals surface area contributed by atoms with Crippen molar-refractivity contribution in [2.24, 2.45) is 0 Å². The van der Waals surface area contributed by atoms with Crippen molar-refractivity contribution in [3.63, 3.8) is 0 Å². The van der Waals surface area contributed by atoms with E-state index < -0.39 is 20.1 Å². The Bertz CT molecular complexity index is 423. The van der Waals surface area contributed by atoms with E-state index in [1.54, 1.807) is 7.11 Å². The number of methoxy groups -OCH3 is 1. The Kier molecular flexibility index (Phi) is 10.3. The molecule has 0 spiro atoms. The number of sulfonamides is 1. The van der Waals surface area contributed by atoms with E-state index in [1.807, 2.05) is 0 Å². The van der Waals surface area contributed by atoms with E-state index in [-0.39, 0.29) is 5.75 Å². The number of rotatable bonds is 13. The third-order valence-corrected chi connectivity index (χ3v) is 4.29. The monoisotopic (exact) mass is 346 g/mol. The first-order chi connectivity index (χ1) is 9.64. The highest BCUT2D eigenvalue weighted by Crippen LogP contribution is 2.00. The summed E-state index contributed by atoms with van der Waals surface area (Å²) in [5.74, 6) is -0.235. The van der Waals surface area contributed by atoms with Crippen molar-refractivity contribution < 1.29 is 26.1 Å². The summed E-state index contributed by atoms with van der Waals surface area (Å²) < 4.78 is 59.1. The molecule has 0 aliphatic rings. The zero-order valence-corrected chi connectivity index (χ0v) is 14.2. The van der Waals surface area contributed by atoms with Crippen LogP contribution in [0, 0.1) is 0 Å². The van der Waals surface area contributed by atoms with Crippen LogP contribution in [-0.2, 0) is 24.9 Å². The maximum Gasteiger partial charge on any atom is 0.264 e. The van der Waals surface area contributed by atoms with Crippen molar-refractivity contribution >= 4 is 20.1 Å². The van der Waals surface area contributed by atoms with E-state index >= 15 is 0 Å². The van der Waals surface area contributed by atoms with Gasteiger partial charge in [-0.3, -0.25) is 4.55 Å². The summed E-state index contributed by atoms with van der Waals surface area (Å²) in [5, 5.41) is 0. The SMILES string of the molecule is COCCN(CCCCS(=O)(=O)O)CCCNS(C)(=O)=O. The van der Waals surface area contributed by atoms with Crippen molar-refractivity contribution in [1.82, 2.24) is 9.62 Å². The molecule has 0 atom stereocenters. The van der Waals surface area contributed by atoms with Crippen LogP contribution in [0.3, 0.4) is 0 Å². The lowest BCUT2D eigenvalue weighted by Gasteiger charge is -2.21. The lowest BCUT2D eigenvalue weighted by Crippen LogP contribution is -2.32. The zero-order chi connectivity index (χ0) is 16.4. The van der Waals surface area contributed by atoms with Crippen molar-refractivity contribution in [3.05, 3.63) is 0 Å². The third kappa shape index (κ3) is 15.9. The standard InChI is InChI=1S/C11H26N2O6S2/c1-19-10-9-13(7-3-4-11-21(16,17)18)8-5-6-12-20(2,14)15/h12H,3-11H2,1-2H3,(H,16,17,18). The first kappa shape index (κ1) is 20.7. The molecule has 0 saturated carbocycles. The Balaban J connectivity index is 3.96. The number of nitrogens with one attached hydrogen (secondary N) is 1. The largest absolute Gasteiger partial charge is 0.383 e. The zero-order valence-electron chi connectivity index (χ0n) is 12.6. The molecule has 0 aliphatic carbocycles. The van der Waals surface area contributed by atoms with Gasteiger partial charge in [-0.2, -0.15) is 8.42 Å². The molecular weight excluding hydrogens is 320 g/mol. The fourth-order valence-corrected chi connectivity index (χ4v) is 2.82. The highest BCUT2D eigenvalue weighted by atomic mass is 32.2. The molecule has 0 aromatic carbocycles. The summed E-state index contributed by atoms with van der Waals surface area (Å²) in [6.45, 7) is 2.99. The molecule has 0 aliphatic heterocycles. The molecule has 0 amide bonds. The van der Waals surface area contributed by atoms with Gasteiger partial charge in [-0.1, -0.05) is 0 Å². The quantitative estimate of drug-likeness (QED) is 0.343. The van der Waals surface area contributed by atoms with E-state index in [2.05, 4.69) is 9.62 Å². The number of ether oxygens (including phenoxy) is 1. The van der Waals surface area contributed by atoms with Gasteiger partial charge in [0.15, 0.2) is 0 Å². The van der Waals surface area contributed by atoms with Crippen LogP contribution in [0.1, 0.15) is 19.3 Å². The molecule has 0 aromatic heterocycles. The smallest absolute Gasteiger partial charge is 0.264 e. The van der Waals surface area contributed by atoms with Gasteiger partial charge in [0.2, 0.25) is 10.0 Å². The minimum atomic E-state index is -3.90. The first-order valence-corrected chi connectivity index (χ1v) is 10.3. The molecule has 8 nitrogen and oxygen atoms in total. The lowest BCUT2D eigenvalue weighted by atomic mass is 10.3. The first-order valence-electron chi connectivity index (χ1n) is 6.75. The topological polar surface area (TPSA) is 113 Å². The van der Waals surface area contributed by atoms with Crippen molar-refractivity contribution in [1.29, 1.82) is 0 Å². The van der Waals surface area contributed by atoms with Crippen LogP contribution in [-0.4, -0.2) is 78.2 Å². The summed E-state index contributed by atoms with van der Waals surface area (Å²) in [5.41, 5.74) is 0. The maximum absolute atomic E-state index is 10.9. The summed E-state index contributed by atoms with van der Waals surface area (Å²) in [4.78, 5) is 2.08. The maximum atomic E-state index is 10.9. The van der Waals surface area contributed by atoms with Crippen LogP contribution in [0.4, 0.5) is 0 Å². The van der Waals surface area contributed by atoms with Gasteiger partial charge in [-0.25, -0.2) is 13.1 Å². The average molecular weight is 346 g/mol. The van der Waals surface area contributed by atoms with Crippen molar-refractivity contribution in [3.8, 4) is 0 Å². The normalized spacial score (nSPS) is 13.0. The average Bonchev–Trinajstić information content (AvgIpc) is 2.33. The van der Waals surface area contributed by atoms with Crippen LogP contribution in [0.25, 0.3) is 0 Å². The fraction of sp³-hybridized carbons (Fsp3) is 1.00. The van der Waals surface area contributed by atoms with Gasteiger partial charge in [-0.15, -0.1) is 0 Å². The molecule has 0 radical (unpaired) electrons. The predicted octanol–water partition coefficient (Wildman–Crippen LogP) is -0.458. The molecule has 0 aromatic rings. The van der Waals surface area contributed by atoms with E-state index in [9.17, 15) is 16.8 Å². The molecule has 10 heteroatoms. The van der Waals surface area contributed by atoms with Crippen molar-refractivity contribution in [2.75, 3.05) is 51.9 Å². The summed E-state index contributed by atoms with van der Waals surface area (Å²) in [7, 11) is -5.46. The summed E-state index contributed by atoms with van der Waals surface area (Å²) in [6, 6.07) is 0. The number of unbranched alkanes of at least 4 members (excludes halogenated alkanes) is 1. The Morgan fingerprint density at radius 3 is 2.19 bits per heavy atom. The van der Waals surface area contributed by atoms with Gasteiger partial charge in [0.1, 0.15) is 0 Å². The Labute approximate surface area is 127 Å². The third-order valence-electron chi connectivity index (χ3n) is 2.75. The Morgan fingerprint density at radius 1 is 1.05 bits per heavy atom. The molecule has 0 heterocycles. The van der Waals surface area contributed by atoms with Gasteiger partial charge in [0.25, 0.3) is 10.1 Å². The molecule has 0 bridgehead atoms. The van der Waals surface area contributed by atoms with Crippen LogP contribution in [0.15, 0.2) is 0 Å². The van der Waals surface area contributed by atoms with Gasteiger partial charge < -0.3 is 9.64 Å². The molecule has 21 heavy (non-hydrogen) atoms. The van der Waals surface area contributed by atoms with Crippen LogP contribution < -0.4 is 4.72 Å². The highest BCUT2D eigenvalue weighted by molar-refractivity contribution is 7.88. The van der Waals surface area contributed by atoms with Gasteiger partial charge >= 0.3 is 0 Å². The fourth-order valence-electron chi connectivity index (χ4n) is 1.74. The van der Waals surface area contributed by atoms with E-state index in [4.69, 9.17) is 9.29 Å².